The van der Waals surface area contributed by atoms with E-state index in [-0.39, 0.29) is 23.8 Å². The number of carbonyl (C=O) groups is 2. The number of H-pyrrole nitrogens is 1. The van der Waals surface area contributed by atoms with Crippen LogP contribution in [0.15, 0.2) is 108 Å². The number of pyridine rings is 1. The third-order valence-electron chi connectivity index (χ3n) is 9.10. The Morgan fingerprint density at radius 2 is 1.56 bits per heavy atom. The Bertz CT molecular complexity index is 1950. The van der Waals surface area contributed by atoms with Crippen molar-refractivity contribution in [2.45, 2.75) is 37.5 Å². The van der Waals surface area contributed by atoms with Gasteiger partial charge in [-0.25, -0.2) is 0 Å². The van der Waals surface area contributed by atoms with Crippen molar-refractivity contribution >= 4 is 22.8 Å². The van der Waals surface area contributed by atoms with E-state index in [1.165, 1.54) is 12.1 Å². The van der Waals surface area contributed by atoms with Crippen molar-refractivity contribution < 1.29 is 29.6 Å². The van der Waals surface area contributed by atoms with E-state index in [0.29, 0.717) is 66.9 Å². The van der Waals surface area contributed by atoms with Gasteiger partial charge in [0.05, 0.1) is 17.0 Å². The first-order valence-electron chi connectivity index (χ1n) is 15.9. The first-order chi connectivity index (χ1) is 23.2. The zero-order valence-electron chi connectivity index (χ0n) is 26.3. The van der Waals surface area contributed by atoms with Crippen LogP contribution >= 0.6 is 0 Å². The number of aromatic hydroxyl groups is 1. The zero-order valence-corrected chi connectivity index (χ0v) is 26.3. The molecular weight excluding hydrogens is 610 g/mol. The fourth-order valence-corrected chi connectivity index (χ4v) is 6.28. The largest absolute Gasteiger partial charge is 0.506 e. The number of carboxylic acids is 1. The highest BCUT2D eigenvalue weighted by atomic mass is 16.5. The van der Waals surface area contributed by atoms with Crippen molar-refractivity contribution in [2.24, 2.45) is 0 Å². The molecule has 48 heavy (non-hydrogen) atoms. The quantitative estimate of drug-likeness (QED) is 0.136. The lowest BCUT2D eigenvalue weighted by Crippen LogP contribution is -2.49. The molecule has 2 heterocycles. The number of carbonyl (C=O) groups excluding carboxylic acids is 1. The number of amides is 1. The average Bonchev–Trinajstić information content (AvgIpc) is 3.12. The molecule has 0 bridgehead atoms. The number of benzene rings is 4. The van der Waals surface area contributed by atoms with Crippen LogP contribution < -0.4 is 15.6 Å². The summed E-state index contributed by atoms with van der Waals surface area (Å²) < 4.78 is 5.95. The first kappa shape index (κ1) is 32.5. The second-order valence-electron chi connectivity index (χ2n) is 12.1. The molecule has 5 N–H and O–H groups in total. The van der Waals surface area contributed by atoms with Crippen LogP contribution in [0.3, 0.4) is 0 Å². The molecular formula is C38H37N3O7. The van der Waals surface area contributed by atoms with E-state index in [0.717, 1.165) is 16.7 Å². The summed E-state index contributed by atoms with van der Waals surface area (Å²) >= 11 is 0. The molecule has 6 rings (SSSR count). The number of aromatic amines is 1. The Hall–Kier alpha value is -5.45. The van der Waals surface area contributed by atoms with E-state index in [4.69, 9.17) is 4.74 Å². The van der Waals surface area contributed by atoms with Crippen molar-refractivity contribution in [1.29, 1.82) is 0 Å². The van der Waals surface area contributed by atoms with Crippen LogP contribution in [-0.4, -0.2) is 56.7 Å². The molecule has 1 saturated heterocycles. The molecule has 10 heteroatoms. The Kier molecular flexibility index (Phi) is 9.56. The highest BCUT2D eigenvalue weighted by Crippen LogP contribution is 2.36. The summed E-state index contributed by atoms with van der Waals surface area (Å²) in [5.41, 5.74) is 2.89. The van der Waals surface area contributed by atoms with Crippen molar-refractivity contribution in [1.82, 2.24) is 15.2 Å². The molecule has 1 fully saturated rings. The average molecular weight is 648 g/mol. The number of likely N-dealkylation sites (tertiary alicyclic amines) is 1. The van der Waals surface area contributed by atoms with Gasteiger partial charge < -0.3 is 35.3 Å². The van der Waals surface area contributed by atoms with Crippen LogP contribution in [0.4, 0.5) is 0 Å². The van der Waals surface area contributed by atoms with Crippen LogP contribution in [0, 0.1) is 0 Å². The lowest BCUT2D eigenvalue weighted by molar-refractivity contribution is -0.145. The summed E-state index contributed by atoms with van der Waals surface area (Å²) in [4.78, 5) is 41.4. The molecule has 4 aromatic carbocycles. The number of aliphatic hydroxyl groups excluding tert-OH is 1. The Labute approximate surface area is 277 Å². The molecule has 1 aliphatic rings. The number of hydrogen-bond acceptors (Lipinski definition) is 7. The Morgan fingerprint density at radius 1 is 0.875 bits per heavy atom. The maximum absolute atomic E-state index is 13.2. The maximum Gasteiger partial charge on any atom is 0.314 e. The third-order valence-corrected chi connectivity index (χ3v) is 9.10. The number of aromatic nitrogens is 1. The van der Waals surface area contributed by atoms with E-state index in [1.54, 1.807) is 41.3 Å². The van der Waals surface area contributed by atoms with Crippen molar-refractivity contribution in [3.05, 3.63) is 141 Å². The van der Waals surface area contributed by atoms with Crippen LogP contribution in [0.1, 0.15) is 51.6 Å². The number of aliphatic carboxylic acids is 1. The smallest absolute Gasteiger partial charge is 0.314 e. The number of nitrogens with one attached hydrogen (secondary N) is 2. The van der Waals surface area contributed by atoms with Gasteiger partial charge in [0.15, 0.2) is 0 Å². The fraction of sp³-hybridized carbons (Fsp3) is 0.237. The van der Waals surface area contributed by atoms with Crippen LogP contribution in [0.2, 0.25) is 0 Å². The van der Waals surface area contributed by atoms with Gasteiger partial charge in [-0.05, 0) is 71.5 Å². The van der Waals surface area contributed by atoms with Gasteiger partial charge in [0.2, 0.25) is 5.56 Å². The number of phenolic OH excluding ortho intramolecular Hbond substituents is 1. The summed E-state index contributed by atoms with van der Waals surface area (Å²) in [5.74, 6) is -0.403. The minimum absolute atomic E-state index is 0.0493. The van der Waals surface area contributed by atoms with Gasteiger partial charge >= 0.3 is 5.97 Å². The predicted octanol–water partition coefficient (Wildman–Crippen LogP) is 4.89. The van der Waals surface area contributed by atoms with Crippen molar-refractivity contribution in [3.63, 3.8) is 0 Å². The van der Waals surface area contributed by atoms with Gasteiger partial charge in [0, 0.05) is 43.2 Å². The molecule has 5 aromatic rings. The van der Waals surface area contributed by atoms with Gasteiger partial charge in [-0.1, -0.05) is 60.7 Å². The second kappa shape index (κ2) is 14.1. The summed E-state index contributed by atoms with van der Waals surface area (Å²) in [6.45, 7) is 1.88. The van der Waals surface area contributed by atoms with Gasteiger partial charge in [-0.3, -0.25) is 14.4 Å². The maximum atomic E-state index is 13.2. The van der Waals surface area contributed by atoms with Gasteiger partial charge in [-0.15, -0.1) is 0 Å². The zero-order chi connectivity index (χ0) is 33.7. The van der Waals surface area contributed by atoms with Crippen molar-refractivity contribution in [2.75, 3.05) is 19.6 Å². The van der Waals surface area contributed by atoms with Crippen molar-refractivity contribution in [3.8, 4) is 11.5 Å². The summed E-state index contributed by atoms with van der Waals surface area (Å²) in [6, 6.07) is 30.2. The number of ether oxygens (including phenoxy) is 1. The normalized spacial score (nSPS) is 14.8. The highest BCUT2D eigenvalue weighted by molar-refractivity contribution is 5.94. The van der Waals surface area contributed by atoms with E-state index < -0.39 is 17.5 Å². The number of phenols is 1. The number of piperidine rings is 1. The predicted molar refractivity (Wildman–Crippen MR) is 181 cm³/mol. The third kappa shape index (κ3) is 6.95. The SMILES string of the molecule is O=C(c1ccc(OCc2ccc(CNC[C@H](O)c3ccc(O)c4[nH]c(=O)ccc34)cc2)cc1)N1CCC(C(=O)O)(c2ccccc2)CC1. The molecule has 0 radical (unpaired) electrons. The number of rotatable bonds is 11. The Morgan fingerprint density at radius 3 is 2.25 bits per heavy atom. The topological polar surface area (TPSA) is 152 Å². The molecule has 10 nitrogen and oxygen atoms in total. The van der Waals surface area contributed by atoms with Crippen LogP contribution in [0.25, 0.3) is 10.9 Å². The van der Waals surface area contributed by atoms with Gasteiger partial charge in [0.1, 0.15) is 18.1 Å². The van der Waals surface area contributed by atoms with E-state index in [1.807, 2.05) is 54.6 Å². The molecule has 0 aliphatic carbocycles. The van der Waals surface area contributed by atoms with Gasteiger partial charge in [-0.2, -0.15) is 0 Å². The fourth-order valence-electron chi connectivity index (χ4n) is 6.28. The molecule has 0 saturated carbocycles. The van der Waals surface area contributed by atoms with E-state index >= 15 is 0 Å². The summed E-state index contributed by atoms with van der Waals surface area (Å²) in [7, 11) is 0. The number of aliphatic hydroxyl groups is 1. The van der Waals surface area contributed by atoms with Crippen LogP contribution in [-0.2, 0) is 23.4 Å². The highest BCUT2D eigenvalue weighted by Gasteiger charge is 2.43. The first-order valence-corrected chi connectivity index (χ1v) is 15.9. The molecule has 246 valence electrons. The molecule has 1 aromatic heterocycles. The molecule has 1 atom stereocenters. The number of fused-ring (bicyclic) bond motifs is 1. The molecule has 1 amide bonds. The summed E-state index contributed by atoms with van der Waals surface area (Å²) in [5, 5.41) is 34.7. The molecule has 0 spiro atoms. The lowest BCUT2D eigenvalue weighted by Gasteiger charge is -2.39. The number of carboxylic acid groups (broad SMARTS) is 1. The monoisotopic (exact) mass is 647 g/mol. The van der Waals surface area contributed by atoms with Gasteiger partial charge in [0.25, 0.3) is 5.91 Å². The standard InChI is InChI=1S/C38H37N3O7/c42-32-16-14-30(31-15-17-34(44)40-35(31)32)33(43)23-39-22-25-6-8-26(9-7-25)24-48-29-12-10-27(11-13-29)36(45)41-20-18-38(19-21-41,37(46)47)28-4-2-1-3-5-28/h1-17,33,39,42-43H,18-24H2,(H,40,44)(H,46,47)/t33-/m0/s1. The second-order valence-corrected chi connectivity index (χ2v) is 12.1. The molecule has 0 unspecified atom stereocenters. The summed E-state index contributed by atoms with van der Waals surface area (Å²) in [6.07, 6.45) is -0.126. The minimum Gasteiger partial charge on any atom is -0.506 e. The Balaban J connectivity index is 0.969. The van der Waals surface area contributed by atoms with Crippen LogP contribution in [0.5, 0.6) is 11.5 Å². The van der Waals surface area contributed by atoms with E-state index in [2.05, 4.69) is 10.3 Å². The number of nitrogens with zero attached hydrogens (tertiary/aromatic N) is 1. The molecule has 1 aliphatic heterocycles. The minimum atomic E-state index is -0.984. The van der Waals surface area contributed by atoms with E-state index in [9.17, 15) is 29.7 Å². The number of hydrogen-bond donors (Lipinski definition) is 5. The lowest BCUT2D eigenvalue weighted by atomic mass is 9.73.